The Balaban J connectivity index is 1.58. The van der Waals surface area contributed by atoms with Gasteiger partial charge in [-0.2, -0.15) is 5.26 Å². The molecule has 3 aromatic rings. The second-order valence-corrected chi connectivity index (χ2v) is 9.78. The lowest BCUT2D eigenvalue weighted by Gasteiger charge is -2.26. The van der Waals surface area contributed by atoms with Gasteiger partial charge in [-0.1, -0.05) is 0 Å². The fourth-order valence-electron chi connectivity index (χ4n) is 3.58. The molecule has 9 heteroatoms. The minimum absolute atomic E-state index is 0.0609. The molecule has 1 fully saturated rings. The molecule has 4 heterocycles. The van der Waals surface area contributed by atoms with Crippen LogP contribution in [0.3, 0.4) is 0 Å². The number of aromatic nitrogens is 3. The minimum Gasteiger partial charge on any atom is -0.348 e. The summed E-state index contributed by atoms with van der Waals surface area (Å²) in [5.41, 5.74) is 1.24. The first-order valence-corrected chi connectivity index (χ1v) is 11.6. The maximum atomic E-state index is 12.9. The number of hydrogen-bond donors (Lipinski definition) is 2. The van der Waals surface area contributed by atoms with Gasteiger partial charge in [0.05, 0.1) is 38.7 Å². The molecule has 1 aliphatic rings. The maximum absolute atomic E-state index is 12.9. The molecule has 1 unspecified atom stereocenters. The third-order valence-electron chi connectivity index (χ3n) is 6.06. The van der Waals surface area contributed by atoms with Crippen molar-refractivity contribution in [2.45, 2.75) is 46.1 Å². The Morgan fingerprint density at radius 1 is 1.28 bits per heavy atom. The Hall–Kier alpha value is -3.25. The highest BCUT2D eigenvalue weighted by Crippen LogP contribution is 2.29. The predicted molar refractivity (Wildman–Crippen MR) is 123 cm³/mol. The van der Waals surface area contributed by atoms with E-state index in [1.807, 2.05) is 17.0 Å². The number of nitrogens with one attached hydrogen (secondary N) is 2. The van der Waals surface area contributed by atoms with Crippen molar-refractivity contribution in [1.82, 2.24) is 25.2 Å². The van der Waals surface area contributed by atoms with Crippen LogP contribution in [0.1, 0.15) is 60.1 Å². The molecule has 0 spiro atoms. The first kappa shape index (κ1) is 22.0. The van der Waals surface area contributed by atoms with Crippen LogP contribution in [-0.2, 0) is 0 Å². The number of nitriles is 1. The lowest BCUT2D eigenvalue weighted by Crippen LogP contribution is -2.42. The zero-order chi connectivity index (χ0) is 22.9. The average molecular weight is 451 g/mol. The van der Waals surface area contributed by atoms with Gasteiger partial charge in [-0.15, -0.1) is 11.3 Å². The van der Waals surface area contributed by atoms with Gasteiger partial charge in [-0.3, -0.25) is 9.59 Å². The summed E-state index contributed by atoms with van der Waals surface area (Å²) in [6, 6.07) is 5.58. The lowest BCUT2D eigenvalue weighted by atomic mass is 9.87. The zero-order valence-corrected chi connectivity index (χ0v) is 19.3. The summed E-state index contributed by atoms with van der Waals surface area (Å²) in [5, 5.41) is 12.2. The van der Waals surface area contributed by atoms with Crippen molar-refractivity contribution >= 4 is 34.3 Å². The second kappa shape index (κ2) is 8.71. The fraction of sp³-hybridized carbons (Fsp3) is 0.435. The van der Waals surface area contributed by atoms with E-state index in [-0.39, 0.29) is 17.9 Å². The van der Waals surface area contributed by atoms with Crippen molar-refractivity contribution in [1.29, 1.82) is 5.26 Å². The number of likely N-dealkylation sites (tertiary alicyclic amines) is 1. The van der Waals surface area contributed by atoms with Crippen molar-refractivity contribution in [2.24, 2.45) is 5.41 Å². The van der Waals surface area contributed by atoms with Crippen LogP contribution in [-0.4, -0.2) is 50.8 Å². The van der Waals surface area contributed by atoms with E-state index in [2.05, 4.69) is 26.3 Å². The molecular formula is C23H26N6O2S. The Labute approximate surface area is 190 Å². The Morgan fingerprint density at radius 3 is 2.75 bits per heavy atom. The first-order valence-electron chi connectivity index (χ1n) is 10.8. The van der Waals surface area contributed by atoms with E-state index in [0.29, 0.717) is 27.3 Å². The van der Waals surface area contributed by atoms with E-state index >= 15 is 0 Å². The van der Waals surface area contributed by atoms with E-state index in [1.54, 1.807) is 33.2 Å². The van der Waals surface area contributed by atoms with Gasteiger partial charge in [0.2, 0.25) is 0 Å². The highest BCUT2D eigenvalue weighted by molar-refractivity contribution is 7.17. The molecule has 1 saturated heterocycles. The standard InChI is InChI=1S/C23H26N6O2S/c1-14(23(2,3)13-24)27-21(30)15-11-25-20-19(15)28-16(12-26-20)17-7-8-18(32-17)22(31)29-9-5-4-6-10-29/h7-8,11-12,14H,4-6,9-10H2,1-3H3,(H,25,26)(H,27,30). The molecule has 0 saturated carbocycles. The third kappa shape index (κ3) is 4.23. The summed E-state index contributed by atoms with van der Waals surface area (Å²) in [4.78, 5) is 41.1. The summed E-state index contributed by atoms with van der Waals surface area (Å²) >= 11 is 1.39. The monoisotopic (exact) mass is 450 g/mol. The molecule has 0 radical (unpaired) electrons. The van der Waals surface area contributed by atoms with Crippen LogP contribution in [0.2, 0.25) is 0 Å². The topological polar surface area (TPSA) is 115 Å². The average Bonchev–Trinajstić information content (AvgIpc) is 3.46. The van der Waals surface area contributed by atoms with Crippen molar-refractivity contribution < 1.29 is 9.59 Å². The van der Waals surface area contributed by atoms with Gasteiger partial charge in [0.15, 0.2) is 5.65 Å². The zero-order valence-electron chi connectivity index (χ0n) is 18.4. The molecule has 1 atom stereocenters. The van der Waals surface area contributed by atoms with E-state index < -0.39 is 5.41 Å². The predicted octanol–water partition coefficient (Wildman–Crippen LogP) is 3.98. The quantitative estimate of drug-likeness (QED) is 0.610. The molecule has 3 aromatic heterocycles. The number of aromatic amines is 1. The Morgan fingerprint density at radius 2 is 2.03 bits per heavy atom. The van der Waals surface area contributed by atoms with E-state index in [0.717, 1.165) is 30.8 Å². The molecule has 32 heavy (non-hydrogen) atoms. The summed E-state index contributed by atoms with van der Waals surface area (Å²) < 4.78 is 0. The number of rotatable bonds is 5. The number of thiophene rings is 1. The van der Waals surface area contributed by atoms with Gasteiger partial charge in [0.1, 0.15) is 5.52 Å². The van der Waals surface area contributed by atoms with Crippen LogP contribution in [0.15, 0.2) is 24.5 Å². The van der Waals surface area contributed by atoms with Crippen LogP contribution in [0.5, 0.6) is 0 Å². The van der Waals surface area contributed by atoms with Crippen LogP contribution < -0.4 is 5.32 Å². The van der Waals surface area contributed by atoms with Crippen molar-refractivity contribution in [3.63, 3.8) is 0 Å². The SMILES string of the molecule is CC(NC(=O)c1c[nH]c2ncc(-c3ccc(C(=O)N4CCCCC4)s3)nc12)C(C)(C)C#N. The molecule has 2 N–H and O–H groups in total. The highest BCUT2D eigenvalue weighted by atomic mass is 32.1. The van der Waals surface area contributed by atoms with Gasteiger partial charge in [-0.25, -0.2) is 9.97 Å². The number of H-pyrrole nitrogens is 1. The van der Waals surface area contributed by atoms with Crippen LogP contribution in [0.4, 0.5) is 0 Å². The van der Waals surface area contributed by atoms with E-state index in [4.69, 9.17) is 0 Å². The molecule has 4 rings (SSSR count). The molecule has 1 aliphatic heterocycles. The molecule has 0 bridgehead atoms. The van der Waals surface area contributed by atoms with E-state index in [9.17, 15) is 14.9 Å². The summed E-state index contributed by atoms with van der Waals surface area (Å²) in [6.07, 6.45) is 6.50. The summed E-state index contributed by atoms with van der Waals surface area (Å²) in [6.45, 7) is 6.98. The van der Waals surface area contributed by atoms with Gasteiger partial charge in [-0.05, 0) is 52.2 Å². The third-order valence-corrected chi connectivity index (χ3v) is 7.15. The molecule has 2 amide bonds. The normalized spacial score (nSPS) is 15.4. The first-order chi connectivity index (χ1) is 15.3. The largest absolute Gasteiger partial charge is 0.348 e. The number of carbonyl (C=O) groups is 2. The van der Waals surface area contributed by atoms with Gasteiger partial charge < -0.3 is 15.2 Å². The highest BCUT2D eigenvalue weighted by Gasteiger charge is 2.28. The van der Waals surface area contributed by atoms with E-state index in [1.165, 1.54) is 17.8 Å². The maximum Gasteiger partial charge on any atom is 0.263 e. The van der Waals surface area contributed by atoms with Crippen molar-refractivity contribution in [2.75, 3.05) is 13.1 Å². The number of amides is 2. The summed E-state index contributed by atoms with van der Waals surface area (Å²) in [7, 11) is 0. The number of fused-ring (bicyclic) bond motifs is 1. The molecule has 166 valence electrons. The van der Waals surface area contributed by atoms with Gasteiger partial charge in [0.25, 0.3) is 11.8 Å². The number of carbonyl (C=O) groups excluding carboxylic acids is 2. The molecule has 8 nitrogen and oxygen atoms in total. The summed E-state index contributed by atoms with van der Waals surface area (Å²) in [5.74, 6) is -0.253. The number of piperidine rings is 1. The van der Waals surface area contributed by atoms with Gasteiger partial charge >= 0.3 is 0 Å². The number of nitrogens with zero attached hydrogens (tertiary/aromatic N) is 4. The molecular weight excluding hydrogens is 424 g/mol. The van der Waals surface area contributed by atoms with Crippen molar-refractivity contribution in [3.8, 4) is 16.6 Å². The second-order valence-electron chi connectivity index (χ2n) is 8.70. The van der Waals surface area contributed by atoms with Crippen LogP contribution in [0, 0.1) is 16.7 Å². The van der Waals surface area contributed by atoms with Crippen LogP contribution in [0.25, 0.3) is 21.7 Å². The molecule has 0 aromatic carbocycles. The van der Waals surface area contributed by atoms with Crippen LogP contribution >= 0.6 is 11.3 Å². The number of hydrogen-bond acceptors (Lipinski definition) is 6. The van der Waals surface area contributed by atoms with Gasteiger partial charge in [0, 0.05) is 25.3 Å². The smallest absolute Gasteiger partial charge is 0.263 e. The fourth-order valence-corrected chi connectivity index (χ4v) is 4.51. The Kier molecular flexibility index (Phi) is 5.98. The van der Waals surface area contributed by atoms with Crippen molar-refractivity contribution in [3.05, 3.63) is 35.0 Å². The minimum atomic E-state index is -0.702. The lowest BCUT2D eigenvalue weighted by molar-refractivity contribution is 0.0729. The molecule has 0 aliphatic carbocycles. The Bertz CT molecular complexity index is 1200.